The van der Waals surface area contributed by atoms with Crippen LogP contribution in [0.2, 0.25) is 5.02 Å². The van der Waals surface area contributed by atoms with E-state index in [2.05, 4.69) is 0 Å². The van der Waals surface area contributed by atoms with Gasteiger partial charge in [0.15, 0.2) is 0 Å². The number of nitrogen functional groups attached to an aromatic ring is 1. The molecule has 1 aromatic rings. The molecule has 0 spiro atoms. The molecule has 1 rings (SSSR count). The largest absolute Gasteiger partial charge is 0.478 e. The molecular weight excluding hydrogens is 292 g/mol. The molecule has 5 heteroatoms. The van der Waals surface area contributed by atoms with Crippen LogP contribution in [0.3, 0.4) is 0 Å². The minimum atomic E-state index is -1.10. The van der Waals surface area contributed by atoms with E-state index >= 15 is 0 Å². The SMILES string of the molecule is Nc1ccc(I)c(Cl)c1C(=O)O. The lowest BCUT2D eigenvalue weighted by atomic mass is 10.2. The first-order valence-electron chi connectivity index (χ1n) is 3.01. The van der Waals surface area contributed by atoms with Crippen molar-refractivity contribution in [3.63, 3.8) is 0 Å². The van der Waals surface area contributed by atoms with Crippen LogP contribution in [0.25, 0.3) is 0 Å². The van der Waals surface area contributed by atoms with Crippen LogP contribution in [-0.4, -0.2) is 11.1 Å². The maximum atomic E-state index is 10.6. The molecule has 1 aromatic carbocycles. The number of halogens is 2. The standard InChI is InChI=1S/C7H5ClINO2/c8-6-3(9)1-2-4(10)5(6)7(11)12/h1-2H,10H2,(H,11,12). The van der Waals surface area contributed by atoms with Gasteiger partial charge in [0.2, 0.25) is 0 Å². The Morgan fingerprint density at radius 3 is 2.58 bits per heavy atom. The quantitative estimate of drug-likeness (QED) is 0.617. The Morgan fingerprint density at radius 1 is 1.58 bits per heavy atom. The monoisotopic (exact) mass is 297 g/mol. The van der Waals surface area contributed by atoms with Crippen LogP contribution in [0.5, 0.6) is 0 Å². The zero-order chi connectivity index (χ0) is 9.30. The van der Waals surface area contributed by atoms with Gasteiger partial charge in [0.05, 0.1) is 5.02 Å². The number of carboxylic acid groups (broad SMARTS) is 1. The third-order valence-corrected chi connectivity index (χ3v) is 2.95. The highest BCUT2D eigenvalue weighted by Crippen LogP contribution is 2.27. The van der Waals surface area contributed by atoms with Gasteiger partial charge in [-0.2, -0.15) is 0 Å². The lowest BCUT2D eigenvalue weighted by molar-refractivity contribution is 0.0698. The predicted molar refractivity (Wildman–Crippen MR) is 55.5 cm³/mol. The second kappa shape index (κ2) is 3.49. The Labute approximate surface area is 87.7 Å². The summed E-state index contributed by atoms with van der Waals surface area (Å²) in [6.07, 6.45) is 0. The van der Waals surface area contributed by atoms with Crippen LogP contribution in [0.15, 0.2) is 12.1 Å². The average Bonchev–Trinajstić information content (AvgIpc) is 1.97. The fourth-order valence-electron chi connectivity index (χ4n) is 0.783. The Hall–Kier alpha value is -0.490. The van der Waals surface area contributed by atoms with Gasteiger partial charge in [-0.1, -0.05) is 11.6 Å². The molecule has 0 radical (unpaired) electrons. The van der Waals surface area contributed by atoms with Crippen LogP contribution in [-0.2, 0) is 0 Å². The fourth-order valence-corrected chi connectivity index (χ4v) is 1.49. The molecule has 3 N–H and O–H groups in total. The first-order valence-corrected chi connectivity index (χ1v) is 4.46. The molecule has 0 atom stereocenters. The Morgan fingerprint density at radius 2 is 2.17 bits per heavy atom. The Bertz CT molecular complexity index is 340. The van der Waals surface area contributed by atoms with Crippen molar-refractivity contribution in [1.29, 1.82) is 0 Å². The van der Waals surface area contributed by atoms with Crippen molar-refractivity contribution in [1.82, 2.24) is 0 Å². The molecule has 0 aliphatic heterocycles. The van der Waals surface area contributed by atoms with E-state index in [1.54, 1.807) is 6.07 Å². The number of carbonyl (C=O) groups is 1. The molecule has 0 heterocycles. The summed E-state index contributed by atoms with van der Waals surface area (Å²) in [5.41, 5.74) is 5.59. The molecule has 0 fully saturated rings. The highest BCUT2D eigenvalue weighted by Gasteiger charge is 2.14. The summed E-state index contributed by atoms with van der Waals surface area (Å²) in [6.45, 7) is 0. The van der Waals surface area contributed by atoms with Gasteiger partial charge in [-0.15, -0.1) is 0 Å². The van der Waals surface area contributed by atoms with Crippen molar-refractivity contribution in [3.8, 4) is 0 Å². The van der Waals surface area contributed by atoms with Crippen LogP contribution in [0.4, 0.5) is 5.69 Å². The van der Waals surface area contributed by atoms with E-state index < -0.39 is 5.97 Å². The molecule has 0 unspecified atom stereocenters. The lowest BCUT2D eigenvalue weighted by Gasteiger charge is -2.03. The van der Waals surface area contributed by atoms with Gasteiger partial charge >= 0.3 is 5.97 Å². The zero-order valence-corrected chi connectivity index (χ0v) is 8.76. The predicted octanol–water partition coefficient (Wildman–Crippen LogP) is 2.23. The number of anilines is 1. The van der Waals surface area contributed by atoms with E-state index in [0.29, 0.717) is 3.57 Å². The summed E-state index contributed by atoms with van der Waals surface area (Å²) in [5.74, 6) is -1.10. The molecule has 0 aromatic heterocycles. The first kappa shape index (κ1) is 9.60. The highest BCUT2D eigenvalue weighted by molar-refractivity contribution is 14.1. The van der Waals surface area contributed by atoms with Crippen molar-refractivity contribution in [2.75, 3.05) is 5.73 Å². The van der Waals surface area contributed by atoms with Gasteiger partial charge in [-0.05, 0) is 34.7 Å². The smallest absolute Gasteiger partial charge is 0.339 e. The Balaban J connectivity index is 3.43. The normalized spacial score (nSPS) is 9.83. The second-order valence-corrected chi connectivity index (χ2v) is 3.67. The molecule has 64 valence electrons. The maximum absolute atomic E-state index is 10.6. The number of nitrogens with two attached hydrogens (primary N) is 1. The third-order valence-electron chi connectivity index (χ3n) is 1.34. The maximum Gasteiger partial charge on any atom is 0.339 e. The van der Waals surface area contributed by atoms with E-state index in [-0.39, 0.29) is 16.3 Å². The van der Waals surface area contributed by atoms with Gasteiger partial charge in [-0.3, -0.25) is 0 Å². The molecule has 0 aliphatic carbocycles. The summed E-state index contributed by atoms with van der Waals surface area (Å²) in [6, 6.07) is 3.20. The van der Waals surface area contributed by atoms with Crippen LogP contribution in [0, 0.1) is 3.57 Å². The number of benzene rings is 1. The van der Waals surface area contributed by atoms with Crippen LogP contribution in [0.1, 0.15) is 10.4 Å². The lowest BCUT2D eigenvalue weighted by Crippen LogP contribution is -2.04. The van der Waals surface area contributed by atoms with Crippen molar-refractivity contribution < 1.29 is 9.90 Å². The van der Waals surface area contributed by atoms with E-state index in [0.717, 1.165) is 0 Å². The van der Waals surface area contributed by atoms with E-state index in [1.807, 2.05) is 22.6 Å². The number of hydrogen-bond acceptors (Lipinski definition) is 2. The first-order chi connectivity index (χ1) is 5.54. The fraction of sp³-hybridized carbons (Fsp3) is 0. The number of rotatable bonds is 1. The molecule has 12 heavy (non-hydrogen) atoms. The van der Waals surface area contributed by atoms with Gasteiger partial charge in [-0.25, -0.2) is 4.79 Å². The summed E-state index contributed by atoms with van der Waals surface area (Å²) in [5, 5.41) is 8.90. The van der Waals surface area contributed by atoms with E-state index in [9.17, 15) is 4.79 Å². The number of hydrogen-bond donors (Lipinski definition) is 2. The van der Waals surface area contributed by atoms with Crippen molar-refractivity contribution >= 4 is 45.8 Å². The van der Waals surface area contributed by atoms with Gasteiger partial charge < -0.3 is 10.8 Å². The van der Waals surface area contributed by atoms with E-state index in [1.165, 1.54) is 6.07 Å². The zero-order valence-electron chi connectivity index (χ0n) is 5.84. The van der Waals surface area contributed by atoms with Gasteiger partial charge in [0.25, 0.3) is 0 Å². The summed E-state index contributed by atoms with van der Waals surface area (Å²) < 4.78 is 0.681. The van der Waals surface area contributed by atoms with Gasteiger partial charge in [0, 0.05) is 9.26 Å². The summed E-state index contributed by atoms with van der Waals surface area (Å²) in [7, 11) is 0. The number of aromatic carboxylic acids is 1. The van der Waals surface area contributed by atoms with Crippen molar-refractivity contribution in [2.45, 2.75) is 0 Å². The topological polar surface area (TPSA) is 63.3 Å². The Kier molecular flexibility index (Phi) is 2.79. The average molecular weight is 297 g/mol. The highest BCUT2D eigenvalue weighted by atomic mass is 127. The molecule has 0 saturated heterocycles. The minimum Gasteiger partial charge on any atom is -0.478 e. The van der Waals surface area contributed by atoms with Gasteiger partial charge in [0.1, 0.15) is 5.56 Å². The second-order valence-electron chi connectivity index (χ2n) is 2.13. The number of carboxylic acids is 1. The van der Waals surface area contributed by atoms with Crippen LogP contribution < -0.4 is 5.73 Å². The molecule has 0 aliphatic rings. The summed E-state index contributed by atoms with van der Waals surface area (Å²) >= 11 is 7.67. The third kappa shape index (κ3) is 1.64. The summed E-state index contributed by atoms with van der Waals surface area (Å²) in [4.78, 5) is 10.6. The molecule has 3 nitrogen and oxygen atoms in total. The molecular formula is C7H5ClINO2. The minimum absolute atomic E-state index is 0.0245. The molecule has 0 bridgehead atoms. The molecule has 0 amide bonds. The van der Waals surface area contributed by atoms with Crippen molar-refractivity contribution in [3.05, 3.63) is 26.3 Å². The van der Waals surface area contributed by atoms with Crippen molar-refractivity contribution in [2.24, 2.45) is 0 Å². The molecule has 0 saturated carbocycles. The van der Waals surface area contributed by atoms with E-state index in [4.69, 9.17) is 22.4 Å². The van der Waals surface area contributed by atoms with Crippen LogP contribution >= 0.6 is 34.2 Å².